The van der Waals surface area contributed by atoms with Crippen molar-refractivity contribution in [3.05, 3.63) is 62.8 Å². The van der Waals surface area contributed by atoms with Gasteiger partial charge >= 0.3 is 0 Å². The molecule has 3 atom stereocenters. The van der Waals surface area contributed by atoms with E-state index in [1.165, 1.54) is 9.47 Å². The van der Waals surface area contributed by atoms with Crippen molar-refractivity contribution in [2.24, 2.45) is 0 Å². The molecule has 0 radical (unpaired) electrons. The van der Waals surface area contributed by atoms with Gasteiger partial charge in [-0.25, -0.2) is 13.2 Å². The number of nitrogens with one attached hydrogen (secondary N) is 1. The molecule has 176 valence electrons. The van der Waals surface area contributed by atoms with E-state index in [-0.39, 0.29) is 18.3 Å². The van der Waals surface area contributed by atoms with Gasteiger partial charge in [0.25, 0.3) is 11.8 Å². The third kappa shape index (κ3) is 3.75. The molecule has 4 rings (SSSR count). The molecule has 0 saturated carbocycles. The quantitative estimate of drug-likeness (QED) is 0.641. The summed E-state index contributed by atoms with van der Waals surface area (Å²) in [5, 5.41) is 23.7. The largest absolute Gasteiger partial charge is 0.503 e. The second kappa shape index (κ2) is 7.91. The third-order valence-corrected chi connectivity index (χ3v) is 6.47. The minimum Gasteiger partial charge on any atom is -0.503 e. The lowest BCUT2D eigenvalue weighted by molar-refractivity contribution is -0.00840. The summed E-state index contributed by atoms with van der Waals surface area (Å²) in [5.74, 6) is -6.18. The van der Waals surface area contributed by atoms with Crippen molar-refractivity contribution in [1.29, 1.82) is 0 Å². The van der Waals surface area contributed by atoms with Crippen molar-refractivity contribution in [1.82, 2.24) is 14.8 Å². The zero-order chi connectivity index (χ0) is 24.2. The van der Waals surface area contributed by atoms with Gasteiger partial charge in [0.05, 0.1) is 11.6 Å². The number of nitrogens with zero attached hydrogens (tertiary/aromatic N) is 2. The number of pyridine rings is 1. The zero-order valence-corrected chi connectivity index (χ0v) is 17.9. The number of rotatable bonds is 3. The fourth-order valence-electron chi connectivity index (χ4n) is 4.44. The van der Waals surface area contributed by atoms with Gasteiger partial charge in [-0.1, -0.05) is 0 Å². The second-order valence-corrected chi connectivity index (χ2v) is 8.73. The average Bonchev–Trinajstić information content (AvgIpc) is 2.83. The number of hydrogen-bond donors (Lipinski definition) is 3. The number of aliphatic hydroxyl groups is 1. The fraction of sp³-hybridized carbons (Fsp3) is 0.409. The molecule has 1 aromatic heterocycles. The van der Waals surface area contributed by atoms with E-state index >= 15 is 0 Å². The smallest absolute Gasteiger partial charge is 0.274 e. The summed E-state index contributed by atoms with van der Waals surface area (Å²) in [6.07, 6.45) is 1.89. The van der Waals surface area contributed by atoms with Crippen molar-refractivity contribution in [3.8, 4) is 5.75 Å². The highest BCUT2D eigenvalue weighted by atomic mass is 19.1. The Hall–Kier alpha value is -3.34. The molecule has 1 unspecified atom stereocenters. The van der Waals surface area contributed by atoms with Crippen molar-refractivity contribution >= 4 is 11.8 Å². The van der Waals surface area contributed by atoms with Gasteiger partial charge in [0.15, 0.2) is 11.4 Å². The van der Waals surface area contributed by atoms with E-state index in [4.69, 9.17) is 0 Å². The molecule has 1 saturated heterocycles. The number of aromatic nitrogens is 1. The van der Waals surface area contributed by atoms with Crippen LogP contribution in [-0.2, 0) is 6.54 Å². The summed E-state index contributed by atoms with van der Waals surface area (Å²) >= 11 is 0. The second-order valence-electron chi connectivity index (χ2n) is 8.73. The first kappa shape index (κ1) is 22.8. The van der Waals surface area contributed by atoms with Crippen LogP contribution in [0.3, 0.4) is 0 Å². The van der Waals surface area contributed by atoms with Crippen LogP contribution in [0.15, 0.2) is 23.1 Å². The highest BCUT2D eigenvalue weighted by molar-refractivity contribution is 5.99. The molecule has 2 amide bonds. The molecule has 3 N–H and O–H groups in total. The van der Waals surface area contributed by atoms with Crippen LogP contribution in [0.2, 0.25) is 0 Å². The Morgan fingerprint density at radius 2 is 1.88 bits per heavy atom. The number of amides is 2. The van der Waals surface area contributed by atoms with E-state index in [1.807, 2.05) is 0 Å². The monoisotopic (exact) mass is 465 g/mol. The van der Waals surface area contributed by atoms with Crippen LogP contribution in [-0.4, -0.2) is 49.7 Å². The Kier molecular flexibility index (Phi) is 5.47. The first-order valence-electron chi connectivity index (χ1n) is 10.4. The standard InChI is InChI=1S/C22H22F3N3O5/c1-10-3-4-22(2,33)16-9-27(10)21(32)17-19(30)18(29)13(8-28(16)17)20(31)26-7-12-14(24)5-11(23)6-15(12)25/h5-6,8,10,16,30,33H,3-4,7,9H2,1-2H3,(H,26,31)/t10-,16?,22-/m0/s1. The van der Waals surface area contributed by atoms with Crippen LogP contribution >= 0.6 is 0 Å². The molecular formula is C22H22F3N3O5. The van der Waals surface area contributed by atoms with Gasteiger partial charge in [0.2, 0.25) is 5.43 Å². The number of carbonyl (C=O) groups excluding carboxylic acids is 2. The summed E-state index contributed by atoms with van der Waals surface area (Å²) in [7, 11) is 0. The Bertz CT molecular complexity index is 1200. The first-order chi connectivity index (χ1) is 15.4. The van der Waals surface area contributed by atoms with Gasteiger partial charge in [-0.3, -0.25) is 14.4 Å². The molecule has 0 spiro atoms. The van der Waals surface area contributed by atoms with Crippen LogP contribution < -0.4 is 10.7 Å². The van der Waals surface area contributed by atoms with Crippen molar-refractivity contribution < 1.29 is 33.0 Å². The van der Waals surface area contributed by atoms with Crippen molar-refractivity contribution in [3.63, 3.8) is 0 Å². The molecule has 2 bridgehead atoms. The molecule has 11 heteroatoms. The van der Waals surface area contributed by atoms with E-state index in [9.17, 15) is 37.8 Å². The van der Waals surface area contributed by atoms with E-state index < -0.39 is 69.8 Å². The number of fused-ring (bicyclic) bond motifs is 4. The SMILES string of the molecule is C[C@H]1CC[C@](C)(O)C2CN1C(=O)c1c(O)c(=O)c(C(=O)NCc3c(F)cc(F)cc3F)cn12. The highest BCUT2D eigenvalue weighted by Gasteiger charge is 2.46. The molecule has 1 fully saturated rings. The van der Waals surface area contributed by atoms with Crippen LogP contribution in [0.25, 0.3) is 0 Å². The summed E-state index contributed by atoms with van der Waals surface area (Å²) in [5.41, 5.74) is -3.97. The normalized spacial score (nSPS) is 24.3. The lowest BCUT2D eigenvalue weighted by Gasteiger charge is -2.41. The number of hydrogen-bond acceptors (Lipinski definition) is 5. The van der Waals surface area contributed by atoms with E-state index in [0.717, 1.165) is 6.20 Å². The topological polar surface area (TPSA) is 112 Å². The molecule has 2 aliphatic heterocycles. The van der Waals surface area contributed by atoms with Gasteiger partial charge in [-0.2, -0.15) is 0 Å². The predicted molar refractivity (Wildman–Crippen MR) is 109 cm³/mol. The Morgan fingerprint density at radius 1 is 1.24 bits per heavy atom. The van der Waals surface area contributed by atoms with E-state index in [2.05, 4.69) is 5.32 Å². The number of aromatic hydroxyl groups is 1. The Labute approximate surface area is 186 Å². The summed E-state index contributed by atoms with van der Waals surface area (Å²) < 4.78 is 42.0. The van der Waals surface area contributed by atoms with Crippen molar-refractivity contribution in [2.45, 2.75) is 50.9 Å². The maximum absolute atomic E-state index is 13.9. The summed E-state index contributed by atoms with van der Waals surface area (Å²) in [4.78, 5) is 39.9. The molecule has 0 aliphatic carbocycles. The van der Waals surface area contributed by atoms with Gasteiger partial charge in [-0.15, -0.1) is 0 Å². The van der Waals surface area contributed by atoms with Gasteiger partial charge in [0, 0.05) is 43.0 Å². The van der Waals surface area contributed by atoms with Crippen LogP contribution in [0.4, 0.5) is 13.2 Å². The number of halogens is 3. The molecule has 3 heterocycles. The highest BCUT2D eigenvalue weighted by Crippen LogP contribution is 2.39. The van der Waals surface area contributed by atoms with Gasteiger partial charge in [-0.05, 0) is 26.7 Å². The Morgan fingerprint density at radius 3 is 2.52 bits per heavy atom. The fourth-order valence-corrected chi connectivity index (χ4v) is 4.44. The summed E-state index contributed by atoms with van der Waals surface area (Å²) in [6, 6.07) is -0.0752. The van der Waals surface area contributed by atoms with Gasteiger partial charge < -0.3 is 25.0 Å². The minimum atomic E-state index is -1.31. The molecule has 2 aromatic rings. The minimum absolute atomic E-state index is 0.107. The first-order valence-corrected chi connectivity index (χ1v) is 10.4. The van der Waals surface area contributed by atoms with E-state index in [0.29, 0.717) is 25.0 Å². The van der Waals surface area contributed by atoms with E-state index in [1.54, 1.807) is 13.8 Å². The zero-order valence-electron chi connectivity index (χ0n) is 17.9. The maximum Gasteiger partial charge on any atom is 0.274 e. The van der Waals surface area contributed by atoms with Crippen molar-refractivity contribution in [2.75, 3.05) is 6.54 Å². The average molecular weight is 465 g/mol. The van der Waals surface area contributed by atoms with Gasteiger partial charge in [0.1, 0.15) is 23.0 Å². The predicted octanol–water partition coefficient (Wildman–Crippen LogP) is 1.83. The lowest BCUT2D eigenvalue weighted by Crippen LogP contribution is -2.51. The number of benzene rings is 1. The molecule has 2 aliphatic rings. The molecular weight excluding hydrogens is 443 g/mol. The van der Waals surface area contributed by atoms with Crippen LogP contribution in [0.1, 0.15) is 59.1 Å². The Balaban J connectivity index is 1.73. The molecule has 33 heavy (non-hydrogen) atoms. The third-order valence-electron chi connectivity index (χ3n) is 6.47. The van der Waals surface area contributed by atoms with Crippen LogP contribution in [0.5, 0.6) is 5.75 Å². The number of carbonyl (C=O) groups is 2. The summed E-state index contributed by atoms with van der Waals surface area (Å²) in [6.45, 7) is 2.79. The van der Waals surface area contributed by atoms with Crippen LogP contribution in [0, 0.1) is 17.5 Å². The lowest BCUT2D eigenvalue weighted by atomic mass is 9.90. The molecule has 8 nitrogen and oxygen atoms in total. The maximum atomic E-state index is 13.9. The molecule has 1 aromatic carbocycles.